The Hall–Kier alpha value is -0.940. The summed E-state index contributed by atoms with van der Waals surface area (Å²) in [5, 5.41) is 0. The van der Waals surface area contributed by atoms with Gasteiger partial charge in [0.25, 0.3) is 0 Å². The maximum atomic E-state index is 13.6. The molecular weight excluding hydrogens is 253 g/mol. The average Bonchev–Trinajstić information content (AvgIpc) is 2.27. The van der Waals surface area contributed by atoms with E-state index in [0.29, 0.717) is 5.92 Å². The summed E-state index contributed by atoms with van der Waals surface area (Å²) in [5.74, 6) is -0.320. The van der Waals surface area contributed by atoms with E-state index in [0.717, 1.165) is 12.5 Å². The lowest BCUT2D eigenvalue weighted by molar-refractivity contribution is 0.336. The summed E-state index contributed by atoms with van der Waals surface area (Å²) in [7, 11) is -2.26. The first kappa shape index (κ1) is 15.1. The van der Waals surface area contributed by atoms with Gasteiger partial charge >= 0.3 is 0 Å². The Morgan fingerprint density at radius 1 is 1.22 bits per heavy atom. The number of benzene rings is 1. The molecule has 0 radical (unpaired) electrons. The van der Waals surface area contributed by atoms with Crippen LogP contribution in [0.15, 0.2) is 29.2 Å². The van der Waals surface area contributed by atoms with Gasteiger partial charge in [-0.2, -0.15) is 4.31 Å². The van der Waals surface area contributed by atoms with E-state index in [9.17, 15) is 12.8 Å². The molecule has 0 heterocycles. The third-order valence-electron chi connectivity index (χ3n) is 2.93. The molecule has 0 fully saturated rings. The normalized spacial score (nSPS) is 14.2. The van der Waals surface area contributed by atoms with E-state index >= 15 is 0 Å². The molecule has 1 aromatic rings. The van der Waals surface area contributed by atoms with E-state index in [2.05, 4.69) is 0 Å². The Bertz CT molecular complexity index is 499. The highest BCUT2D eigenvalue weighted by molar-refractivity contribution is 7.89. The zero-order chi connectivity index (χ0) is 13.9. The molecule has 5 heteroatoms. The van der Waals surface area contributed by atoms with Gasteiger partial charge in [-0.3, -0.25) is 0 Å². The minimum Gasteiger partial charge on any atom is -0.207 e. The quantitative estimate of drug-likeness (QED) is 0.827. The summed E-state index contributed by atoms with van der Waals surface area (Å²) in [6, 6.07) is 5.30. The number of rotatable bonds is 5. The van der Waals surface area contributed by atoms with Crippen LogP contribution in [0, 0.1) is 11.7 Å². The van der Waals surface area contributed by atoms with Gasteiger partial charge in [0.2, 0.25) is 10.0 Å². The minimum absolute atomic E-state index is 0.158. The third kappa shape index (κ3) is 3.29. The lowest BCUT2D eigenvalue weighted by atomic mass is 10.1. The summed E-state index contributed by atoms with van der Waals surface area (Å²) >= 11 is 0. The van der Waals surface area contributed by atoms with E-state index < -0.39 is 15.8 Å². The smallest absolute Gasteiger partial charge is 0.207 e. The van der Waals surface area contributed by atoms with Gasteiger partial charge in [-0.05, 0) is 31.4 Å². The van der Waals surface area contributed by atoms with Crippen LogP contribution in [-0.4, -0.2) is 25.8 Å². The molecule has 1 unspecified atom stereocenters. The van der Waals surface area contributed by atoms with Gasteiger partial charge in [0.1, 0.15) is 10.7 Å². The van der Waals surface area contributed by atoms with Crippen LogP contribution in [0.25, 0.3) is 0 Å². The minimum atomic E-state index is -3.76. The van der Waals surface area contributed by atoms with Crippen LogP contribution in [0.5, 0.6) is 0 Å². The number of halogens is 1. The van der Waals surface area contributed by atoms with Crippen LogP contribution in [0.4, 0.5) is 4.39 Å². The van der Waals surface area contributed by atoms with Gasteiger partial charge in [-0.15, -0.1) is 0 Å². The van der Waals surface area contributed by atoms with E-state index in [1.165, 1.54) is 29.6 Å². The van der Waals surface area contributed by atoms with Crippen LogP contribution in [0.1, 0.15) is 27.2 Å². The molecule has 0 spiro atoms. The van der Waals surface area contributed by atoms with Crippen molar-refractivity contribution in [2.45, 2.75) is 38.1 Å². The Morgan fingerprint density at radius 3 is 2.28 bits per heavy atom. The Kier molecular flexibility index (Phi) is 4.87. The van der Waals surface area contributed by atoms with Crippen molar-refractivity contribution in [3.63, 3.8) is 0 Å². The SMILES string of the molecule is CC(C)CC(C)N(C)S(=O)(=O)c1ccccc1F. The van der Waals surface area contributed by atoms with E-state index in [1.807, 2.05) is 20.8 Å². The molecule has 1 atom stereocenters. The largest absolute Gasteiger partial charge is 0.245 e. The summed E-state index contributed by atoms with van der Waals surface area (Å²) in [4.78, 5) is -0.261. The maximum absolute atomic E-state index is 13.6. The number of nitrogens with zero attached hydrogens (tertiary/aromatic N) is 1. The van der Waals surface area contributed by atoms with E-state index in [-0.39, 0.29) is 10.9 Å². The first-order chi connectivity index (χ1) is 8.26. The summed E-state index contributed by atoms with van der Waals surface area (Å²) in [6.07, 6.45) is 0.740. The second-order valence-corrected chi connectivity index (χ2v) is 6.90. The summed E-state index contributed by atoms with van der Waals surface area (Å²) in [6.45, 7) is 5.89. The van der Waals surface area contributed by atoms with E-state index in [1.54, 1.807) is 0 Å². The molecule has 3 nitrogen and oxygen atoms in total. The molecular formula is C13H20FNO2S. The van der Waals surface area contributed by atoms with Crippen molar-refractivity contribution in [1.82, 2.24) is 4.31 Å². The molecule has 0 amide bonds. The van der Waals surface area contributed by atoms with Crippen LogP contribution in [0.3, 0.4) is 0 Å². The van der Waals surface area contributed by atoms with Crippen molar-refractivity contribution in [2.24, 2.45) is 5.92 Å². The molecule has 102 valence electrons. The summed E-state index contributed by atoms with van der Waals surface area (Å²) < 4.78 is 39.3. The standard InChI is InChI=1S/C13H20FNO2S/c1-10(2)9-11(3)15(4)18(16,17)13-8-6-5-7-12(13)14/h5-8,10-11H,9H2,1-4H3. The number of hydrogen-bond acceptors (Lipinski definition) is 2. The van der Waals surface area contributed by atoms with Gasteiger partial charge in [-0.1, -0.05) is 26.0 Å². The van der Waals surface area contributed by atoms with Crippen LogP contribution >= 0.6 is 0 Å². The predicted octanol–water partition coefficient (Wildman–Crippen LogP) is 2.88. The fourth-order valence-electron chi connectivity index (χ4n) is 1.88. The number of sulfonamides is 1. The van der Waals surface area contributed by atoms with Crippen molar-refractivity contribution in [3.8, 4) is 0 Å². The average molecular weight is 273 g/mol. The van der Waals surface area contributed by atoms with Gasteiger partial charge in [0.15, 0.2) is 0 Å². The molecule has 0 aliphatic carbocycles. The zero-order valence-corrected chi connectivity index (χ0v) is 12.0. The third-order valence-corrected chi connectivity index (χ3v) is 4.93. The Morgan fingerprint density at radius 2 is 1.78 bits per heavy atom. The molecule has 0 saturated carbocycles. The fourth-order valence-corrected chi connectivity index (χ4v) is 3.31. The van der Waals surface area contributed by atoms with Crippen LogP contribution < -0.4 is 0 Å². The van der Waals surface area contributed by atoms with Gasteiger partial charge < -0.3 is 0 Å². The van der Waals surface area contributed by atoms with Gasteiger partial charge in [-0.25, -0.2) is 12.8 Å². The first-order valence-corrected chi connectivity index (χ1v) is 7.43. The van der Waals surface area contributed by atoms with Crippen LogP contribution in [-0.2, 0) is 10.0 Å². The molecule has 0 saturated heterocycles. The molecule has 1 rings (SSSR count). The zero-order valence-electron chi connectivity index (χ0n) is 11.2. The highest BCUT2D eigenvalue weighted by Crippen LogP contribution is 2.21. The number of hydrogen-bond donors (Lipinski definition) is 0. The topological polar surface area (TPSA) is 37.4 Å². The van der Waals surface area contributed by atoms with Gasteiger partial charge in [0, 0.05) is 13.1 Å². The lowest BCUT2D eigenvalue weighted by Gasteiger charge is -2.25. The Balaban J connectivity index is 3.04. The van der Waals surface area contributed by atoms with Crippen molar-refractivity contribution < 1.29 is 12.8 Å². The molecule has 18 heavy (non-hydrogen) atoms. The monoisotopic (exact) mass is 273 g/mol. The van der Waals surface area contributed by atoms with E-state index in [4.69, 9.17) is 0 Å². The highest BCUT2D eigenvalue weighted by atomic mass is 32.2. The second-order valence-electron chi connectivity index (χ2n) is 4.93. The molecule has 0 N–H and O–H groups in total. The van der Waals surface area contributed by atoms with Gasteiger partial charge in [0.05, 0.1) is 0 Å². The summed E-state index contributed by atoms with van der Waals surface area (Å²) in [5.41, 5.74) is 0. The van der Waals surface area contributed by atoms with Crippen molar-refractivity contribution in [3.05, 3.63) is 30.1 Å². The lowest BCUT2D eigenvalue weighted by Crippen LogP contribution is -2.36. The highest BCUT2D eigenvalue weighted by Gasteiger charge is 2.27. The Labute approximate surface area is 109 Å². The molecule has 0 bridgehead atoms. The molecule has 1 aromatic carbocycles. The second kappa shape index (κ2) is 5.80. The molecule has 0 aliphatic heterocycles. The molecule has 0 aromatic heterocycles. The van der Waals surface area contributed by atoms with Crippen molar-refractivity contribution in [2.75, 3.05) is 7.05 Å². The molecule has 0 aliphatic rings. The van der Waals surface area contributed by atoms with Crippen molar-refractivity contribution >= 4 is 10.0 Å². The predicted molar refractivity (Wildman–Crippen MR) is 70.3 cm³/mol. The fraction of sp³-hybridized carbons (Fsp3) is 0.538. The van der Waals surface area contributed by atoms with Crippen LogP contribution in [0.2, 0.25) is 0 Å². The maximum Gasteiger partial charge on any atom is 0.245 e. The van der Waals surface area contributed by atoms with Crippen molar-refractivity contribution in [1.29, 1.82) is 0 Å². The first-order valence-electron chi connectivity index (χ1n) is 5.99.